The second-order valence-electron chi connectivity index (χ2n) is 10.0. The van der Waals surface area contributed by atoms with Crippen molar-refractivity contribution in [3.05, 3.63) is 58.0 Å². The van der Waals surface area contributed by atoms with Gasteiger partial charge in [0.05, 0.1) is 11.0 Å². The van der Waals surface area contributed by atoms with Gasteiger partial charge in [-0.1, -0.05) is 62.4 Å². The molecule has 0 bridgehead atoms. The first-order chi connectivity index (χ1) is 17.1. The molecule has 1 heterocycles. The van der Waals surface area contributed by atoms with Gasteiger partial charge in [0.1, 0.15) is 0 Å². The lowest BCUT2D eigenvalue weighted by Gasteiger charge is -2.39. The number of hydrogen-bond donors (Lipinski definition) is 2. The van der Waals surface area contributed by atoms with Crippen molar-refractivity contribution >= 4 is 0 Å². The summed E-state index contributed by atoms with van der Waals surface area (Å²) >= 11 is 0. The van der Waals surface area contributed by atoms with Gasteiger partial charge in [0, 0.05) is 51.9 Å². The Labute approximate surface area is 210 Å². The van der Waals surface area contributed by atoms with Crippen LogP contribution in [0.25, 0.3) is 0 Å². The minimum atomic E-state index is -0.351. The zero-order chi connectivity index (χ0) is 24.9. The van der Waals surface area contributed by atoms with Crippen LogP contribution in [0.1, 0.15) is 69.5 Å². The van der Waals surface area contributed by atoms with Gasteiger partial charge in [0.2, 0.25) is 0 Å². The normalized spacial score (nSPS) is 21.5. The lowest BCUT2D eigenvalue weighted by Crippen LogP contribution is -2.46. The first kappa shape index (κ1) is 27.4. The minimum Gasteiger partial charge on any atom is -0.385 e. The van der Waals surface area contributed by atoms with Gasteiger partial charge < -0.3 is 25.4 Å². The molecule has 0 radical (unpaired) electrons. The Morgan fingerprint density at radius 2 is 1.97 bits per heavy atom. The molecule has 8 nitrogen and oxygen atoms in total. The molecule has 0 unspecified atom stereocenters. The maximum absolute atomic E-state index is 11.5. The van der Waals surface area contributed by atoms with Crippen molar-refractivity contribution in [3.63, 3.8) is 0 Å². The van der Waals surface area contributed by atoms with Crippen LogP contribution in [0, 0.1) is 22.0 Å². The van der Waals surface area contributed by atoms with Crippen LogP contribution in [0.5, 0.6) is 0 Å². The summed E-state index contributed by atoms with van der Waals surface area (Å²) < 4.78 is 11.6. The summed E-state index contributed by atoms with van der Waals surface area (Å²) in [4.78, 5) is 13.3. The molecule has 1 aliphatic carbocycles. The number of likely N-dealkylation sites (tertiary alicyclic amines) is 1. The molecule has 0 spiro atoms. The molecule has 0 aromatic heterocycles. The Bertz CT molecular complexity index is 770. The third kappa shape index (κ3) is 9.09. The zero-order valence-electron chi connectivity index (χ0n) is 21.3. The summed E-state index contributed by atoms with van der Waals surface area (Å²) in [5.74, 6) is 1.47. The highest BCUT2D eigenvalue weighted by atomic mass is 16.6. The second kappa shape index (κ2) is 15.1. The highest BCUT2D eigenvalue weighted by molar-refractivity contribution is 5.19. The van der Waals surface area contributed by atoms with Crippen molar-refractivity contribution in [2.75, 3.05) is 40.0 Å². The predicted molar refractivity (Wildman–Crippen MR) is 138 cm³/mol. The van der Waals surface area contributed by atoms with E-state index in [1.54, 1.807) is 7.11 Å². The van der Waals surface area contributed by atoms with Gasteiger partial charge in [-0.25, -0.2) is 0 Å². The summed E-state index contributed by atoms with van der Waals surface area (Å²) in [5.41, 5.74) is 7.28. The molecule has 2 fully saturated rings. The number of ether oxygens (including phenoxy) is 2. The van der Waals surface area contributed by atoms with E-state index in [2.05, 4.69) is 22.3 Å². The first-order valence-electron chi connectivity index (χ1n) is 13.3. The van der Waals surface area contributed by atoms with Crippen molar-refractivity contribution in [1.29, 1.82) is 0 Å². The highest BCUT2D eigenvalue weighted by Crippen LogP contribution is 2.34. The Morgan fingerprint density at radius 1 is 1.20 bits per heavy atom. The predicted octanol–water partition coefficient (Wildman–Crippen LogP) is 4.46. The van der Waals surface area contributed by atoms with Crippen LogP contribution in [0.3, 0.4) is 0 Å². The Morgan fingerprint density at radius 3 is 2.66 bits per heavy atom. The molecular formula is C27H44N4O4. The Kier molecular flexibility index (Phi) is 11.8. The average Bonchev–Trinajstić information content (AvgIpc) is 2.89. The summed E-state index contributed by atoms with van der Waals surface area (Å²) in [6.45, 7) is 3.25. The molecule has 2 aliphatic rings. The van der Waals surface area contributed by atoms with E-state index in [1.165, 1.54) is 32.1 Å². The maximum Gasteiger partial charge on any atom is 0.274 e. The van der Waals surface area contributed by atoms with Crippen LogP contribution in [-0.2, 0) is 9.47 Å². The van der Waals surface area contributed by atoms with Gasteiger partial charge >= 0.3 is 0 Å². The second-order valence-corrected chi connectivity index (χ2v) is 10.0. The summed E-state index contributed by atoms with van der Waals surface area (Å²) in [7, 11) is 1.70. The van der Waals surface area contributed by atoms with Crippen molar-refractivity contribution in [3.8, 4) is 0 Å². The van der Waals surface area contributed by atoms with Crippen molar-refractivity contribution in [2.24, 2.45) is 17.6 Å². The van der Waals surface area contributed by atoms with Crippen LogP contribution in [-0.4, -0.2) is 55.8 Å². The molecule has 1 aromatic rings. The molecule has 3 rings (SSSR count). The monoisotopic (exact) mass is 488 g/mol. The van der Waals surface area contributed by atoms with Crippen LogP contribution in [0.2, 0.25) is 0 Å². The number of nitrogens with two attached hydrogens (primary N) is 1. The SMILES string of the molecule is COCCCO[C@@H](c1ccccc1)[C@@H]1CCCN(/C(=C/[N+](=O)[O-])N[C@H](CN)CC2CCCCC2)C1. The number of nitro groups is 1. The van der Waals surface area contributed by atoms with Crippen LogP contribution >= 0.6 is 0 Å². The summed E-state index contributed by atoms with van der Waals surface area (Å²) in [6.07, 6.45) is 11.2. The van der Waals surface area contributed by atoms with Crippen molar-refractivity contribution < 1.29 is 14.4 Å². The lowest BCUT2D eigenvalue weighted by atomic mass is 9.85. The molecule has 1 aromatic carbocycles. The third-order valence-electron chi connectivity index (χ3n) is 7.35. The van der Waals surface area contributed by atoms with Crippen LogP contribution in [0.15, 0.2) is 42.4 Å². The Hall–Kier alpha value is -2.16. The van der Waals surface area contributed by atoms with E-state index in [4.69, 9.17) is 15.2 Å². The fourth-order valence-electron chi connectivity index (χ4n) is 5.60. The standard InChI is InChI=1S/C27H44N4O4/c1-34-16-9-17-35-27(23-12-6-3-7-13-23)24-14-8-15-30(20-24)26(21-31(32)33)29-25(19-28)18-22-10-4-2-5-11-22/h3,6-7,12-13,21-22,24-25,27,29H,2,4-5,8-11,14-20,28H2,1H3/b26-21+/t24-,25+,27+/m1/s1. The fraction of sp³-hybridized carbons (Fsp3) is 0.704. The van der Waals surface area contributed by atoms with E-state index in [0.29, 0.717) is 38.0 Å². The van der Waals surface area contributed by atoms with E-state index >= 15 is 0 Å². The highest BCUT2D eigenvalue weighted by Gasteiger charge is 2.31. The number of nitrogens with one attached hydrogen (secondary N) is 1. The molecule has 1 saturated heterocycles. The van der Waals surface area contributed by atoms with E-state index in [-0.39, 0.29) is 23.0 Å². The van der Waals surface area contributed by atoms with Crippen molar-refractivity contribution in [1.82, 2.24) is 10.2 Å². The van der Waals surface area contributed by atoms with E-state index in [1.807, 2.05) is 18.2 Å². The molecule has 196 valence electrons. The Balaban J connectivity index is 1.70. The molecule has 3 N–H and O–H groups in total. The number of rotatable bonds is 14. The molecule has 3 atom stereocenters. The fourth-order valence-corrected chi connectivity index (χ4v) is 5.60. The van der Waals surface area contributed by atoms with Crippen LogP contribution < -0.4 is 11.1 Å². The lowest BCUT2D eigenvalue weighted by molar-refractivity contribution is -0.404. The quantitative estimate of drug-likeness (QED) is 0.226. The summed E-state index contributed by atoms with van der Waals surface area (Å²) in [6, 6.07) is 10.4. The van der Waals surface area contributed by atoms with E-state index in [9.17, 15) is 10.1 Å². The maximum atomic E-state index is 11.5. The number of methoxy groups -OCH3 is 1. The molecule has 35 heavy (non-hydrogen) atoms. The van der Waals surface area contributed by atoms with Gasteiger partial charge in [-0.2, -0.15) is 0 Å². The zero-order valence-corrected chi connectivity index (χ0v) is 21.3. The van der Waals surface area contributed by atoms with E-state index in [0.717, 1.165) is 44.0 Å². The molecular weight excluding hydrogens is 444 g/mol. The third-order valence-corrected chi connectivity index (χ3v) is 7.35. The van der Waals surface area contributed by atoms with Gasteiger partial charge in [0.25, 0.3) is 6.20 Å². The number of piperidine rings is 1. The summed E-state index contributed by atoms with van der Waals surface area (Å²) in [5, 5.41) is 15.0. The molecule has 1 aliphatic heterocycles. The van der Waals surface area contributed by atoms with Gasteiger partial charge in [-0.05, 0) is 37.2 Å². The molecule has 8 heteroatoms. The van der Waals surface area contributed by atoms with Gasteiger partial charge in [-0.3, -0.25) is 10.1 Å². The smallest absolute Gasteiger partial charge is 0.274 e. The van der Waals surface area contributed by atoms with Crippen molar-refractivity contribution in [2.45, 2.75) is 69.9 Å². The average molecular weight is 489 g/mol. The topological polar surface area (TPSA) is 103 Å². The molecule has 1 saturated carbocycles. The number of nitrogens with zero attached hydrogens (tertiary/aromatic N) is 2. The first-order valence-corrected chi connectivity index (χ1v) is 13.3. The number of hydrogen-bond acceptors (Lipinski definition) is 7. The van der Waals surface area contributed by atoms with Gasteiger partial charge in [-0.15, -0.1) is 0 Å². The minimum absolute atomic E-state index is 0.0416. The molecule has 0 amide bonds. The van der Waals surface area contributed by atoms with Crippen LogP contribution in [0.4, 0.5) is 0 Å². The number of benzene rings is 1. The van der Waals surface area contributed by atoms with Gasteiger partial charge in [0.15, 0.2) is 5.82 Å². The largest absolute Gasteiger partial charge is 0.385 e. The van der Waals surface area contributed by atoms with E-state index < -0.39 is 0 Å².